The molecule has 0 bridgehead atoms. The molecule has 1 amide bonds. The molecule has 0 saturated heterocycles. The largest absolute Gasteiger partial charge is 0.411 e. The van der Waals surface area contributed by atoms with Crippen molar-refractivity contribution in [1.82, 2.24) is 15.0 Å². The Balaban J connectivity index is 2.57. The maximum absolute atomic E-state index is 10.5. The monoisotopic (exact) mass is 193 g/mol. The molecule has 0 saturated carbocycles. The van der Waals surface area contributed by atoms with Crippen LogP contribution in [-0.2, 0) is 0 Å². The Hall–Kier alpha value is -2.31. The summed E-state index contributed by atoms with van der Waals surface area (Å²) in [7, 11) is 0. The van der Waals surface area contributed by atoms with Crippen LogP contribution in [0.25, 0.3) is 11.0 Å². The van der Waals surface area contributed by atoms with E-state index < -0.39 is 6.09 Å². The number of hydrogen-bond acceptors (Lipinski definition) is 5. The van der Waals surface area contributed by atoms with E-state index >= 15 is 0 Å². The quantitative estimate of drug-likeness (QED) is 0.588. The minimum Gasteiger partial charge on any atom is -0.394 e. The van der Waals surface area contributed by atoms with E-state index in [4.69, 9.17) is 11.5 Å². The number of nitrogens with one attached hydrogen (secondary N) is 1. The smallest absolute Gasteiger partial charge is 0.394 e. The summed E-state index contributed by atoms with van der Waals surface area (Å²) in [6, 6.07) is 0. The molecule has 5 N–H and O–H groups in total. The molecule has 2 heterocycles. The van der Waals surface area contributed by atoms with E-state index in [0.29, 0.717) is 11.0 Å². The molecule has 2 rings (SSSR count). The first kappa shape index (κ1) is 8.30. The van der Waals surface area contributed by atoms with Gasteiger partial charge in [-0.1, -0.05) is 0 Å². The molecule has 0 aliphatic heterocycles. The van der Waals surface area contributed by atoms with Crippen molar-refractivity contribution in [2.24, 2.45) is 5.73 Å². The highest BCUT2D eigenvalue weighted by Gasteiger charge is 2.11. The molecule has 2 aromatic heterocycles. The second-order valence-corrected chi connectivity index (χ2v) is 2.57. The minimum absolute atomic E-state index is 0.0907. The van der Waals surface area contributed by atoms with Crippen LogP contribution in [0.3, 0.4) is 0 Å². The van der Waals surface area contributed by atoms with Gasteiger partial charge >= 0.3 is 6.09 Å². The maximum atomic E-state index is 10.5. The Morgan fingerprint density at radius 2 is 2.36 bits per heavy atom. The van der Waals surface area contributed by atoms with E-state index in [2.05, 4.69) is 19.7 Å². The molecule has 0 aliphatic rings. The van der Waals surface area contributed by atoms with Crippen LogP contribution < -0.4 is 16.2 Å². The predicted molar refractivity (Wildman–Crippen MR) is 48.5 cm³/mol. The molecule has 7 heteroatoms. The summed E-state index contributed by atoms with van der Waals surface area (Å²) in [4.78, 5) is 20.9. The number of hydrogen-bond donors (Lipinski definition) is 3. The average molecular weight is 193 g/mol. The fourth-order valence-corrected chi connectivity index (χ4v) is 1.10. The van der Waals surface area contributed by atoms with Crippen LogP contribution in [-0.4, -0.2) is 21.0 Å². The standard InChI is InChI=1S/C7H7N5O2/c8-4-3-1-10-2-11-5(3)12-6(4)14-7(9)13/h1-2H,8H2,(H2,9,13)(H,10,11,12). The number of ether oxygens (including phenoxy) is 1. The van der Waals surface area contributed by atoms with Crippen LogP contribution in [0, 0.1) is 0 Å². The Morgan fingerprint density at radius 1 is 1.57 bits per heavy atom. The highest BCUT2D eigenvalue weighted by Crippen LogP contribution is 2.28. The van der Waals surface area contributed by atoms with Gasteiger partial charge in [-0.15, -0.1) is 0 Å². The van der Waals surface area contributed by atoms with Crippen molar-refractivity contribution in [3.05, 3.63) is 12.5 Å². The number of nitrogens with two attached hydrogens (primary N) is 2. The van der Waals surface area contributed by atoms with Crippen LogP contribution in [0.4, 0.5) is 10.5 Å². The number of primary amides is 1. The third-order valence-corrected chi connectivity index (χ3v) is 1.68. The second-order valence-electron chi connectivity index (χ2n) is 2.57. The number of nitrogens with zero attached hydrogens (tertiary/aromatic N) is 2. The maximum Gasteiger partial charge on any atom is 0.411 e. The predicted octanol–water partition coefficient (Wildman–Crippen LogP) is -0.00240. The number of aromatic amines is 1. The summed E-state index contributed by atoms with van der Waals surface area (Å²) in [5, 5.41) is 0.587. The lowest BCUT2D eigenvalue weighted by Crippen LogP contribution is -2.17. The molecule has 0 fully saturated rings. The summed E-state index contributed by atoms with van der Waals surface area (Å²) in [5.74, 6) is 0.0907. The van der Waals surface area contributed by atoms with Gasteiger partial charge < -0.3 is 21.2 Å². The van der Waals surface area contributed by atoms with Gasteiger partial charge in [0.25, 0.3) is 0 Å². The Labute approximate surface area is 78.1 Å². The fraction of sp³-hybridized carbons (Fsp3) is 0. The molecule has 2 aromatic rings. The second kappa shape index (κ2) is 2.87. The van der Waals surface area contributed by atoms with Crippen molar-refractivity contribution in [3.8, 4) is 5.88 Å². The first-order valence-corrected chi connectivity index (χ1v) is 3.73. The van der Waals surface area contributed by atoms with E-state index in [1.807, 2.05) is 0 Å². The zero-order chi connectivity index (χ0) is 10.1. The van der Waals surface area contributed by atoms with E-state index in [1.165, 1.54) is 12.5 Å². The van der Waals surface area contributed by atoms with Gasteiger partial charge in [-0.2, -0.15) is 0 Å². The van der Waals surface area contributed by atoms with Gasteiger partial charge in [0.1, 0.15) is 17.7 Å². The van der Waals surface area contributed by atoms with Crippen LogP contribution >= 0.6 is 0 Å². The molecule has 14 heavy (non-hydrogen) atoms. The summed E-state index contributed by atoms with van der Waals surface area (Å²) in [5.41, 5.74) is 11.2. The van der Waals surface area contributed by atoms with Gasteiger partial charge in [0, 0.05) is 6.20 Å². The van der Waals surface area contributed by atoms with Gasteiger partial charge in [0.2, 0.25) is 5.88 Å². The van der Waals surface area contributed by atoms with Crippen molar-refractivity contribution in [2.75, 3.05) is 5.73 Å². The first-order valence-electron chi connectivity index (χ1n) is 3.73. The van der Waals surface area contributed by atoms with E-state index in [9.17, 15) is 4.79 Å². The Kier molecular flexibility index (Phi) is 1.70. The third-order valence-electron chi connectivity index (χ3n) is 1.68. The summed E-state index contributed by atoms with van der Waals surface area (Å²) >= 11 is 0. The van der Waals surface area contributed by atoms with Crippen molar-refractivity contribution >= 4 is 22.8 Å². The highest BCUT2D eigenvalue weighted by molar-refractivity contribution is 5.92. The van der Waals surface area contributed by atoms with Crippen molar-refractivity contribution in [1.29, 1.82) is 0 Å². The van der Waals surface area contributed by atoms with Gasteiger partial charge in [-0.05, 0) is 0 Å². The molecule has 0 unspecified atom stereocenters. The number of carbonyl (C=O) groups excluding carboxylic acids is 1. The summed E-state index contributed by atoms with van der Waals surface area (Å²) in [6.07, 6.45) is 1.94. The zero-order valence-electron chi connectivity index (χ0n) is 7.02. The van der Waals surface area contributed by atoms with Crippen molar-refractivity contribution in [2.45, 2.75) is 0 Å². The SMILES string of the molecule is NC(=O)Oc1[nH]c2ncncc2c1N. The molecule has 0 aromatic carbocycles. The van der Waals surface area contributed by atoms with Gasteiger partial charge in [-0.3, -0.25) is 0 Å². The van der Waals surface area contributed by atoms with Crippen LogP contribution in [0.15, 0.2) is 12.5 Å². The zero-order valence-corrected chi connectivity index (χ0v) is 7.02. The average Bonchev–Trinajstić information content (AvgIpc) is 2.44. The Bertz CT molecular complexity index is 492. The van der Waals surface area contributed by atoms with Crippen LogP contribution in [0.2, 0.25) is 0 Å². The van der Waals surface area contributed by atoms with Crippen LogP contribution in [0.1, 0.15) is 0 Å². The van der Waals surface area contributed by atoms with Gasteiger partial charge in [0.05, 0.1) is 5.39 Å². The fourth-order valence-electron chi connectivity index (χ4n) is 1.10. The number of anilines is 1. The lowest BCUT2D eigenvalue weighted by molar-refractivity contribution is 0.209. The molecular weight excluding hydrogens is 186 g/mol. The molecule has 72 valence electrons. The molecule has 0 radical (unpaired) electrons. The summed E-state index contributed by atoms with van der Waals surface area (Å²) in [6.45, 7) is 0. The highest BCUT2D eigenvalue weighted by atomic mass is 16.6. The number of amides is 1. The molecular formula is C7H7N5O2. The Morgan fingerprint density at radius 3 is 3.00 bits per heavy atom. The van der Waals surface area contributed by atoms with Crippen molar-refractivity contribution < 1.29 is 9.53 Å². The number of carbonyl (C=O) groups is 1. The number of H-pyrrole nitrogens is 1. The number of aromatic nitrogens is 3. The lowest BCUT2D eigenvalue weighted by atomic mass is 10.4. The number of fused-ring (bicyclic) bond motifs is 1. The summed E-state index contributed by atoms with van der Waals surface area (Å²) < 4.78 is 4.62. The van der Waals surface area contributed by atoms with E-state index in [-0.39, 0.29) is 11.6 Å². The van der Waals surface area contributed by atoms with Crippen molar-refractivity contribution in [3.63, 3.8) is 0 Å². The van der Waals surface area contributed by atoms with E-state index in [0.717, 1.165) is 0 Å². The van der Waals surface area contributed by atoms with E-state index in [1.54, 1.807) is 0 Å². The molecule has 0 aliphatic carbocycles. The van der Waals surface area contributed by atoms with Crippen LogP contribution in [0.5, 0.6) is 5.88 Å². The lowest BCUT2D eigenvalue weighted by Gasteiger charge is -1.96. The normalized spacial score (nSPS) is 10.3. The first-order chi connectivity index (χ1) is 6.68. The number of rotatable bonds is 1. The molecule has 0 spiro atoms. The minimum atomic E-state index is -0.934. The molecule has 0 atom stereocenters. The van der Waals surface area contributed by atoms with Gasteiger partial charge in [-0.25, -0.2) is 14.8 Å². The number of nitrogen functional groups attached to an aromatic ring is 1. The third kappa shape index (κ3) is 1.20. The van der Waals surface area contributed by atoms with Gasteiger partial charge in [0.15, 0.2) is 0 Å². The topological polar surface area (TPSA) is 120 Å². The molecule has 7 nitrogen and oxygen atoms in total.